The van der Waals surface area contributed by atoms with Crippen LogP contribution in [0.5, 0.6) is 0 Å². The molecule has 4 nitrogen and oxygen atoms in total. The van der Waals surface area contributed by atoms with Gasteiger partial charge < -0.3 is 4.74 Å². The maximum absolute atomic E-state index is 11.7. The molecule has 0 radical (unpaired) electrons. The van der Waals surface area contributed by atoms with Gasteiger partial charge in [0.1, 0.15) is 0 Å². The smallest absolute Gasteiger partial charge is 0.267 e. The van der Waals surface area contributed by atoms with Crippen molar-refractivity contribution >= 4 is 5.91 Å². The summed E-state index contributed by atoms with van der Waals surface area (Å²) in [7, 11) is 0. The van der Waals surface area contributed by atoms with E-state index >= 15 is 0 Å². The van der Waals surface area contributed by atoms with E-state index in [0.717, 1.165) is 18.4 Å². The van der Waals surface area contributed by atoms with Gasteiger partial charge in [0.05, 0.1) is 0 Å². The van der Waals surface area contributed by atoms with Crippen LogP contribution in [-0.4, -0.2) is 12.5 Å². The second kappa shape index (κ2) is 9.53. The van der Waals surface area contributed by atoms with E-state index in [9.17, 15) is 4.79 Å². The zero-order chi connectivity index (χ0) is 13.9. The number of rotatable bonds is 9. The second-order valence-electron chi connectivity index (χ2n) is 4.58. The van der Waals surface area contributed by atoms with Crippen LogP contribution >= 0.6 is 0 Å². The Morgan fingerprint density at radius 1 is 1.21 bits per heavy atom. The molecule has 1 aromatic rings. The van der Waals surface area contributed by atoms with Gasteiger partial charge >= 0.3 is 0 Å². The molecule has 106 valence electrons. The Hall–Kier alpha value is -1.39. The van der Waals surface area contributed by atoms with Gasteiger partial charge in [-0.1, -0.05) is 62.9 Å². The summed E-state index contributed by atoms with van der Waals surface area (Å²) in [6.45, 7) is 2.77. The predicted octanol–water partition coefficient (Wildman–Crippen LogP) is 2.70. The standard InChI is InChI=1S/C15H24N2O2/c1-2-3-4-5-9-12-19-14(15(18)17-16)13-10-7-6-8-11-13/h6-8,10-11,14H,2-5,9,12,16H2,1H3,(H,17,18). The molecule has 0 fully saturated rings. The lowest BCUT2D eigenvalue weighted by Crippen LogP contribution is -2.36. The first-order valence-electron chi connectivity index (χ1n) is 6.96. The van der Waals surface area contributed by atoms with Crippen molar-refractivity contribution in [2.45, 2.75) is 45.1 Å². The minimum Gasteiger partial charge on any atom is -0.364 e. The number of amides is 1. The molecule has 0 saturated heterocycles. The highest BCUT2D eigenvalue weighted by Gasteiger charge is 2.19. The van der Waals surface area contributed by atoms with Gasteiger partial charge in [0, 0.05) is 6.61 Å². The van der Waals surface area contributed by atoms with Crippen molar-refractivity contribution in [1.29, 1.82) is 0 Å². The molecule has 0 saturated carbocycles. The molecule has 1 atom stereocenters. The molecule has 0 spiro atoms. The van der Waals surface area contributed by atoms with Gasteiger partial charge in [-0.05, 0) is 12.0 Å². The molecular formula is C15H24N2O2. The van der Waals surface area contributed by atoms with Gasteiger partial charge in [0.2, 0.25) is 0 Å². The number of ether oxygens (including phenoxy) is 1. The summed E-state index contributed by atoms with van der Waals surface area (Å²) >= 11 is 0. The topological polar surface area (TPSA) is 64.3 Å². The molecule has 0 bridgehead atoms. The summed E-state index contributed by atoms with van der Waals surface area (Å²) in [6, 6.07) is 9.42. The normalized spacial score (nSPS) is 12.1. The van der Waals surface area contributed by atoms with E-state index in [1.165, 1.54) is 19.3 Å². The summed E-state index contributed by atoms with van der Waals surface area (Å²) < 4.78 is 5.67. The Bertz CT molecular complexity index is 354. The number of nitrogens with one attached hydrogen (secondary N) is 1. The lowest BCUT2D eigenvalue weighted by molar-refractivity contribution is -0.133. The lowest BCUT2D eigenvalue weighted by atomic mass is 10.1. The second-order valence-corrected chi connectivity index (χ2v) is 4.58. The van der Waals surface area contributed by atoms with Crippen molar-refractivity contribution in [2.24, 2.45) is 5.84 Å². The molecule has 0 aliphatic rings. The Balaban J connectivity index is 2.41. The number of benzene rings is 1. The van der Waals surface area contributed by atoms with Gasteiger partial charge in [-0.3, -0.25) is 10.2 Å². The molecule has 1 rings (SSSR count). The number of unbranched alkanes of at least 4 members (excludes halogenated alkanes) is 4. The monoisotopic (exact) mass is 264 g/mol. The number of nitrogens with two attached hydrogens (primary N) is 1. The molecule has 19 heavy (non-hydrogen) atoms. The van der Waals surface area contributed by atoms with E-state index in [0.29, 0.717) is 6.61 Å². The fraction of sp³-hybridized carbons (Fsp3) is 0.533. The molecule has 4 heteroatoms. The predicted molar refractivity (Wildman–Crippen MR) is 76.2 cm³/mol. The minimum absolute atomic E-state index is 0.306. The average Bonchev–Trinajstić information content (AvgIpc) is 2.47. The minimum atomic E-state index is -0.614. The molecule has 1 unspecified atom stereocenters. The van der Waals surface area contributed by atoms with E-state index in [1.54, 1.807) is 0 Å². The summed E-state index contributed by atoms with van der Waals surface area (Å²) in [5.74, 6) is 4.89. The van der Waals surface area contributed by atoms with Crippen molar-refractivity contribution < 1.29 is 9.53 Å². The molecule has 3 N–H and O–H groups in total. The van der Waals surface area contributed by atoms with Crippen LogP contribution in [0, 0.1) is 0 Å². The van der Waals surface area contributed by atoms with Crippen molar-refractivity contribution in [3.05, 3.63) is 35.9 Å². The number of hydrogen-bond donors (Lipinski definition) is 2. The van der Waals surface area contributed by atoms with Gasteiger partial charge in [0.25, 0.3) is 5.91 Å². The lowest BCUT2D eigenvalue weighted by Gasteiger charge is -2.16. The molecular weight excluding hydrogens is 240 g/mol. The summed E-state index contributed by atoms with van der Waals surface area (Å²) in [4.78, 5) is 11.7. The molecule has 1 aromatic carbocycles. The van der Waals surface area contributed by atoms with Crippen LogP contribution in [0.1, 0.15) is 50.7 Å². The van der Waals surface area contributed by atoms with Gasteiger partial charge in [0.15, 0.2) is 6.10 Å². The van der Waals surface area contributed by atoms with E-state index in [-0.39, 0.29) is 5.91 Å². The highest BCUT2D eigenvalue weighted by Crippen LogP contribution is 2.17. The van der Waals surface area contributed by atoms with Crippen molar-refractivity contribution in [2.75, 3.05) is 6.61 Å². The summed E-state index contributed by atoms with van der Waals surface area (Å²) in [5, 5.41) is 0. The zero-order valence-corrected chi connectivity index (χ0v) is 11.6. The van der Waals surface area contributed by atoms with Gasteiger partial charge in [-0.15, -0.1) is 0 Å². The first kappa shape index (κ1) is 15.7. The quantitative estimate of drug-likeness (QED) is 0.312. The highest BCUT2D eigenvalue weighted by atomic mass is 16.5. The molecule has 0 aliphatic heterocycles. The van der Waals surface area contributed by atoms with Gasteiger partial charge in [-0.2, -0.15) is 0 Å². The maximum atomic E-state index is 11.7. The largest absolute Gasteiger partial charge is 0.364 e. The highest BCUT2D eigenvalue weighted by molar-refractivity contribution is 5.81. The van der Waals surface area contributed by atoms with Crippen molar-refractivity contribution in [1.82, 2.24) is 5.43 Å². The number of carbonyl (C=O) groups is 1. The first-order chi connectivity index (χ1) is 9.29. The Kier molecular flexibility index (Phi) is 7.86. The summed E-state index contributed by atoms with van der Waals surface area (Å²) in [5.41, 5.74) is 2.99. The van der Waals surface area contributed by atoms with Crippen LogP contribution in [0.4, 0.5) is 0 Å². The van der Waals surface area contributed by atoms with Crippen LogP contribution in [0.2, 0.25) is 0 Å². The van der Waals surface area contributed by atoms with Crippen LogP contribution < -0.4 is 11.3 Å². The fourth-order valence-corrected chi connectivity index (χ4v) is 1.93. The third-order valence-corrected chi connectivity index (χ3v) is 3.02. The van der Waals surface area contributed by atoms with Crippen LogP contribution in [0.25, 0.3) is 0 Å². The third kappa shape index (κ3) is 5.85. The molecule has 0 aromatic heterocycles. The SMILES string of the molecule is CCCCCCCOC(C(=O)NN)c1ccccc1. The van der Waals surface area contributed by atoms with Gasteiger partial charge in [-0.25, -0.2) is 5.84 Å². The Morgan fingerprint density at radius 3 is 2.53 bits per heavy atom. The Labute approximate surface area is 115 Å². The average molecular weight is 264 g/mol. The third-order valence-electron chi connectivity index (χ3n) is 3.02. The van der Waals surface area contributed by atoms with Crippen LogP contribution in [0.15, 0.2) is 30.3 Å². The molecule has 0 aliphatic carbocycles. The van der Waals surface area contributed by atoms with E-state index in [2.05, 4.69) is 12.3 Å². The van der Waals surface area contributed by atoms with E-state index in [1.807, 2.05) is 30.3 Å². The maximum Gasteiger partial charge on any atom is 0.267 e. The van der Waals surface area contributed by atoms with E-state index < -0.39 is 6.10 Å². The molecule has 0 heterocycles. The van der Waals surface area contributed by atoms with Crippen LogP contribution in [0.3, 0.4) is 0 Å². The number of carbonyl (C=O) groups excluding carboxylic acids is 1. The summed E-state index contributed by atoms with van der Waals surface area (Å²) in [6.07, 6.45) is 5.20. The zero-order valence-electron chi connectivity index (χ0n) is 11.6. The van der Waals surface area contributed by atoms with Crippen LogP contribution in [-0.2, 0) is 9.53 Å². The number of hydrazine groups is 1. The van der Waals surface area contributed by atoms with Crippen molar-refractivity contribution in [3.63, 3.8) is 0 Å². The number of hydrogen-bond acceptors (Lipinski definition) is 3. The van der Waals surface area contributed by atoms with Crippen molar-refractivity contribution in [3.8, 4) is 0 Å². The first-order valence-corrected chi connectivity index (χ1v) is 6.96. The van der Waals surface area contributed by atoms with E-state index in [4.69, 9.17) is 10.6 Å². The molecule has 1 amide bonds. The fourth-order valence-electron chi connectivity index (χ4n) is 1.93. The Morgan fingerprint density at radius 2 is 1.89 bits per heavy atom.